The van der Waals surface area contributed by atoms with E-state index in [2.05, 4.69) is 10.1 Å². The molecule has 148 valence electrons. The Morgan fingerprint density at radius 1 is 1.21 bits per heavy atom. The summed E-state index contributed by atoms with van der Waals surface area (Å²) >= 11 is 0. The smallest absolute Gasteiger partial charge is 0.259 e. The highest BCUT2D eigenvalue weighted by Crippen LogP contribution is 2.30. The van der Waals surface area contributed by atoms with Crippen molar-refractivity contribution < 1.29 is 18.5 Å². The molecule has 3 heterocycles. The highest BCUT2D eigenvalue weighted by Gasteiger charge is 2.25. The lowest BCUT2D eigenvalue weighted by molar-refractivity contribution is 0.0744. The van der Waals surface area contributed by atoms with Gasteiger partial charge in [-0.2, -0.15) is 0 Å². The third-order valence-corrected chi connectivity index (χ3v) is 5.12. The molecule has 1 amide bonds. The fraction of sp³-hybridized carbons (Fsp3) is 0.227. The molecule has 0 bridgehead atoms. The van der Waals surface area contributed by atoms with Crippen LogP contribution in [-0.2, 0) is 0 Å². The largest absolute Gasteiger partial charge is 0.497 e. The van der Waals surface area contributed by atoms with Crippen LogP contribution in [0.4, 0.5) is 0 Å². The van der Waals surface area contributed by atoms with Crippen LogP contribution in [0, 0.1) is 6.92 Å². The van der Waals surface area contributed by atoms with Crippen molar-refractivity contribution in [3.63, 3.8) is 0 Å². The number of furan rings is 1. The molecule has 4 aromatic rings. The van der Waals surface area contributed by atoms with E-state index in [1.54, 1.807) is 50.4 Å². The summed E-state index contributed by atoms with van der Waals surface area (Å²) in [4.78, 5) is 19.6. The van der Waals surface area contributed by atoms with E-state index in [4.69, 9.17) is 13.7 Å². The Hall–Kier alpha value is -3.61. The van der Waals surface area contributed by atoms with E-state index in [9.17, 15) is 4.79 Å². The van der Waals surface area contributed by atoms with E-state index >= 15 is 0 Å². The van der Waals surface area contributed by atoms with E-state index in [0.717, 1.165) is 11.3 Å². The predicted octanol–water partition coefficient (Wildman–Crippen LogP) is 4.63. The summed E-state index contributed by atoms with van der Waals surface area (Å²) in [5.41, 5.74) is 2.92. The Labute approximate surface area is 167 Å². The van der Waals surface area contributed by atoms with Crippen molar-refractivity contribution in [2.75, 3.05) is 14.2 Å². The van der Waals surface area contributed by atoms with Gasteiger partial charge in [0.1, 0.15) is 11.4 Å². The number of carbonyl (C=O) groups is 1. The molecule has 7 heteroatoms. The first-order chi connectivity index (χ1) is 14.0. The van der Waals surface area contributed by atoms with Crippen LogP contribution in [0.15, 0.2) is 57.7 Å². The van der Waals surface area contributed by atoms with Gasteiger partial charge in [0.05, 0.1) is 36.1 Å². The molecule has 0 radical (unpaired) electrons. The molecule has 0 fully saturated rings. The van der Waals surface area contributed by atoms with Crippen LogP contribution >= 0.6 is 0 Å². The lowest BCUT2D eigenvalue weighted by Gasteiger charge is -2.26. The Bertz CT molecular complexity index is 1150. The number of carbonyl (C=O) groups excluding carboxylic acids is 1. The average Bonchev–Trinajstić information content (AvgIpc) is 3.42. The molecule has 1 atom stereocenters. The molecule has 1 aromatic carbocycles. The van der Waals surface area contributed by atoms with Gasteiger partial charge in [-0.05, 0) is 49.7 Å². The van der Waals surface area contributed by atoms with Gasteiger partial charge in [0.2, 0.25) is 0 Å². The Morgan fingerprint density at radius 2 is 1.97 bits per heavy atom. The van der Waals surface area contributed by atoms with Crippen molar-refractivity contribution in [3.05, 3.63) is 65.5 Å². The monoisotopic (exact) mass is 391 g/mol. The van der Waals surface area contributed by atoms with Crippen molar-refractivity contribution in [2.45, 2.75) is 19.9 Å². The van der Waals surface area contributed by atoms with Crippen molar-refractivity contribution in [2.24, 2.45) is 0 Å². The summed E-state index contributed by atoms with van der Waals surface area (Å²) in [6.07, 6.45) is 1.56. The molecular weight excluding hydrogens is 370 g/mol. The van der Waals surface area contributed by atoms with Gasteiger partial charge in [0.25, 0.3) is 11.6 Å². The number of ether oxygens (including phenoxy) is 1. The number of methoxy groups -OCH3 is 1. The van der Waals surface area contributed by atoms with Gasteiger partial charge >= 0.3 is 0 Å². The number of aromatic nitrogens is 2. The lowest BCUT2D eigenvalue weighted by atomic mass is 10.0. The number of hydrogen-bond acceptors (Lipinski definition) is 6. The number of aryl methyl sites for hydroxylation is 1. The molecule has 1 unspecified atom stereocenters. The summed E-state index contributed by atoms with van der Waals surface area (Å²) in [5.74, 6) is 1.18. The molecule has 0 saturated heterocycles. The average molecular weight is 391 g/mol. The minimum Gasteiger partial charge on any atom is -0.497 e. The van der Waals surface area contributed by atoms with Gasteiger partial charge in [-0.1, -0.05) is 17.3 Å². The van der Waals surface area contributed by atoms with Crippen LogP contribution in [-0.4, -0.2) is 35.1 Å². The van der Waals surface area contributed by atoms with E-state index in [0.29, 0.717) is 33.8 Å². The lowest BCUT2D eigenvalue weighted by Crippen LogP contribution is -2.30. The fourth-order valence-electron chi connectivity index (χ4n) is 3.29. The third kappa shape index (κ3) is 3.35. The molecule has 4 rings (SSSR count). The minimum atomic E-state index is -0.153. The first-order valence-electron chi connectivity index (χ1n) is 9.21. The molecule has 0 spiro atoms. The predicted molar refractivity (Wildman–Crippen MR) is 108 cm³/mol. The second-order valence-corrected chi connectivity index (χ2v) is 6.85. The maximum Gasteiger partial charge on any atom is 0.259 e. The molecule has 0 aliphatic rings. The van der Waals surface area contributed by atoms with Crippen LogP contribution in [0.5, 0.6) is 5.75 Å². The standard InChI is InChI=1S/C22H21N3O4/c1-13-20-17(12-18(19-6-5-11-28-19)23-21(20)29-24-13)22(26)25(3)14(2)15-7-9-16(27-4)10-8-15/h5-12,14H,1-4H3. The maximum absolute atomic E-state index is 13.4. The zero-order valence-corrected chi connectivity index (χ0v) is 16.7. The Kier molecular flexibility index (Phi) is 4.80. The summed E-state index contributed by atoms with van der Waals surface area (Å²) in [6, 6.07) is 12.8. The van der Waals surface area contributed by atoms with Gasteiger partial charge in [-0.25, -0.2) is 4.98 Å². The molecule has 0 saturated carbocycles. The fourth-order valence-corrected chi connectivity index (χ4v) is 3.29. The minimum absolute atomic E-state index is 0.149. The molecule has 3 aromatic heterocycles. The SMILES string of the molecule is COc1ccc(C(C)N(C)C(=O)c2cc(-c3ccco3)nc3onc(C)c23)cc1. The van der Waals surface area contributed by atoms with Gasteiger partial charge in [-0.3, -0.25) is 4.79 Å². The van der Waals surface area contributed by atoms with Gasteiger partial charge in [-0.15, -0.1) is 0 Å². The van der Waals surface area contributed by atoms with E-state index < -0.39 is 0 Å². The molecular formula is C22H21N3O4. The van der Waals surface area contributed by atoms with Crippen molar-refractivity contribution >= 4 is 17.0 Å². The number of nitrogens with zero attached hydrogens (tertiary/aromatic N) is 3. The van der Waals surface area contributed by atoms with E-state index in [-0.39, 0.29) is 11.9 Å². The van der Waals surface area contributed by atoms with Crippen molar-refractivity contribution in [1.82, 2.24) is 15.0 Å². The van der Waals surface area contributed by atoms with Gasteiger partial charge < -0.3 is 18.6 Å². The number of fused-ring (bicyclic) bond motifs is 1. The number of rotatable bonds is 5. The topological polar surface area (TPSA) is 81.6 Å². The zero-order valence-electron chi connectivity index (χ0n) is 16.7. The first-order valence-corrected chi connectivity index (χ1v) is 9.21. The zero-order chi connectivity index (χ0) is 20.5. The van der Waals surface area contributed by atoms with E-state index in [1.807, 2.05) is 31.2 Å². The summed E-state index contributed by atoms with van der Waals surface area (Å²) < 4.78 is 16.0. The van der Waals surface area contributed by atoms with Crippen molar-refractivity contribution in [3.8, 4) is 17.2 Å². The molecule has 0 N–H and O–H groups in total. The van der Waals surface area contributed by atoms with Crippen LogP contribution < -0.4 is 4.74 Å². The van der Waals surface area contributed by atoms with E-state index in [1.165, 1.54) is 0 Å². The van der Waals surface area contributed by atoms with Crippen LogP contribution in [0.1, 0.15) is 34.6 Å². The quantitative estimate of drug-likeness (QED) is 0.493. The van der Waals surface area contributed by atoms with Crippen LogP contribution in [0.3, 0.4) is 0 Å². The van der Waals surface area contributed by atoms with Crippen molar-refractivity contribution in [1.29, 1.82) is 0 Å². The third-order valence-electron chi connectivity index (χ3n) is 5.12. The Morgan fingerprint density at radius 3 is 2.62 bits per heavy atom. The Balaban J connectivity index is 1.74. The number of pyridine rings is 1. The van der Waals surface area contributed by atoms with Gasteiger partial charge in [0, 0.05) is 7.05 Å². The highest BCUT2D eigenvalue weighted by molar-refractivity contribution is 6.06. The summed E-state index contributed by atoms with van der Waals surface area (Å²) in [5, 5.41) is 4.60. The van der Waals surface area contributed by atoms with Gasteiger partial charge in [0.15, 0.2) is 5.76 Å². The summed E-state index contributed by atoms with van der Waals surface area (Å²) in [6.45, 7) is 3.77. The van der Waals surface area contributed by atoms with Crippen LogP contribution in [0.25, 0.3) is 22.6 Å². The number of hydrogen-bond donors (Lipinski definition) is 0. The molecule has 0 aliphatic carbocycles. The molecule has 0 aliphatic heterocycles. The maximum atomic E-state index is 13.4. The first kappa shape index (κ1) is 18.7. The summed E-state index contributed by atoms with van der Waals surface area (Å²) in [7, 11) is 3.40. The number of amides is 1. The normalized spacial score (nSPS) is 12.1. The second-order valence-electron chi connectivity index (χ2n) is 6.85. The highest BCUT2D eigenvalue weighted by atomic mass is 16.5. The molecule has 29 heavy (non-hydrogen) atoms. The second kappa shape index (κ2) is 7.43. The molecule has 7 nitrogen and oxygen atoms in total. The number of benzene rings is 1. The van der Waals surface area contributed by atoms with Crippen LogP contribution in [0.2, 0.25) is 0 Å².